The molecule has 2 aromatic carbocycles. The van der Waals surface area contributed by atoms with Gasteiger partial charge in [0.1, 0.15) is 5.75 Å². The van der Waals surface area contributed by atoms with Gasteiger partial charge in [-0.15, -0.1) is 0 Å². The van der Waals surface area contributed by atoms with Gasteiger partial charge in [-0.3, -0.25) is 9.79 Å². The Hall–Kier alpha value is -3.22. The molecule has 0 spiro atoms. The third kappa shape index (κ3) is 5.10. The van der Waals surface area contributed by atoms with E-state index in [4.69, 9.17) is 0 Å². The number of likely N-dealkylation sites (tertiary alicyclic amines) is 1. The molecule has 2 aromatic rings. The molecule has 2 heterocycles. The monoisotopic (exact) mass is 421 g/mol. The van der Waals surface area contributed by atoms with E-state index in [1.165, 1.54) is 11.1 Å². The SMILES string of the molecule is CN=C(NCc1cccc(CN2CCCC2=O)c1)N1CCN(c2ccccc2O)CC1. The van der Waals surface area contributed by atoms with Crippen LogP contribution < -0.4 is 10.2 Å². The van der Waals surface area contributed by atoms with E-state index in [1.807, 2.05) is 30.1 Å². The number of phenols is 1. The standard InChI is InChI=1S/C24H31N5O2/c1-25-24(28-14-12-27(13-15-28)21-8-2-3-9-22(21)30)26-17-19-6-4-7-20(16-19)18-29-11-5-10-23(29)31/h2-4,6-9,16,30H,5,10-15,17-18H2,1H3,(H,25,26). The van der Waals surface area contributed by atoms with Crippen LogP contribution in [-0.4, -0.2) is 66.5 Å². The molecule has 0 aliphatic carbocycles. The number of hydrogen-bond acceptors (Lipinski definition) is 4. The molecule has 2 saturated heterocycles. The van der Waals surface area contributed by atoms with Crippen molar-refractivity contribution in [3.05, 3.63) is 59.7 Å². The number of rotatable bonds is 5. The molecule has 0 saturated carbocycles. The molecule has 2 N–H and O–H groups in total. The molecule has 0 bridgehead atoms. The minimum atomic E-state index is 0.256. The van der Waals surface area contributed by atoms with Crippen molar-refractivity contribution in [2.24, 2.45) is 4.99 Å². The molecule has 0 radical (unpaired) electrons. The number of phenolic OH excluding ortho intramolecular Hbond substituents is 1. The molecule has 2 fully saturated rings. The fourth-order valence-corrected chi connectivity index (χ4v) is 4.33. The second kappa shape index (κ2) is 9.73. The highest BCUT2D eigenvalue weighted by molar-refractivity contribution is 5.80. The second-order valence-electron chi connectivity index (χ2n) is 8.10. The highest BCUT2D eigenvalue weighted by Crippen LogP contribution is 2.27. The first-order valence-electron chi connectivity index (χ1n) is 11.0. The number of nitrogens with one attached hydrogen (secondary N) is 1. The van der Waals surface area contributed by atoms with Crippen molar-refractivity contribution >= 4 is 17.6 Å². The lowest BCUT2D eigenvalue weighted by Crippen LogP contribution is -2.52. The number of aliphatic imine (C=N–C) groups is 1. The molecule has 7 nitrogen and oxygen atoms in total. The van der Waals surface area contributed by atoms with Crippen LogP contribution in [-0.2, 0) is 17.9 Å². The van der Waals surface area contributed by atoms with Gasteiger partial charge in [0.05, 0.1) is 5.69 Å². The van der Waals surface area contributed by atoms with Crippen molar-refractivity contribution in [3.63, 3.8) is 0 Å². The van der Waals surface area contributed by atoms with Crippen LogP contribution in [0.3, 0.4) is 0 Å². The molecule has 7 heteroatoms. The van der Waals surface area contributed by atoms with E-state index in [1.54, 1.807) is 6.07 Å². The van der Waals surface area contributed by atoms with E-state index in [0.717, 1.165) is 50.8 Å². The zero-order valence-electron chi connectivity index (χ0n) is 18.1. The Morgan fingerprint density at radius 1 is 1.03 bits per heavy atom. The number of para-hydroxylation sites is 2. The summed E-state index contributed by atoms with van der Waals surface area (Å²) in [5, 5.41) is 13.6. The predicted molar refractivity (Wildman–Crippen MR) is 123 cm³/mol. The quantitative estimate of drug-likeness (QED) is 0.573. The van der Waals surface area contributed by atoms with Crippen LogP contribution in [0.2, 0.25) is 0 Å². The molecular formula is C24H31N5O2. The number of piperazine rings is 1. The third-order valence-electron chi connectivity index (χ3n) is 6.00. The zero-order valence-corrected chi connectivity index (χ0v) is 18.1. The Bertz CT molecular complexity index is 937. The topological polar surface area (TPSA) is 71.4 Å². The zero-order chi connectivity index (χ0) is 21.6. The minimum absolute atomic E-state index is 0.256. The van der Waals surface area contributed by atoms with Crippen LogP contribution in [0, 0.1) is 0 Å². The van der Waals surface area contributed by atoms with Gasteiger partial charge >= 0.3 is 0 Å². The smallest absolute Gasteiger partial charge is 0.222 e. The van der Waals surface area contributed by atoms with Crippen LogP contribution in [0.25, 0.3) is 0 Å². The maximum absolute atomic E-state index is 11.9. The largest absolute Gasteiger partial charge is 0.506 e. The van der Waals surface area contributed by atoms with E-state index in [2.05, 4.69) is 44.4 Å². The van der Waals surface area contributed by atoms with Crippen molar-refractivity contribution < 1.29 is 9.90 Å². The Morgan fingerprint density at radius 2 is 1.81 bits per heavy atom. The first kappa shape index (κ1) is 21.0. The molecule has 1 amide bonds. The van der Waals surface area contributed by atoms with E-state index in [0.29, 0.717) is 25.3 Å². The molecule has 2 aliphatic rings. The Balaban J connectivity index is 1.31. The van der Waals surface area contributed by atoms with E-state index >= 15 is 0 Å². The number of carbonyl (C=O) groups excluding carboxylic acids is 1. The van der Waals surface area contributed by atoms with Crippen LogP contribution in [0.1, 0.15) is 24.0 Å². The summed E-state index contributed by atoms with van der Waals surface area (Å²) in [4.78, 5) is 22.8. The number of nitrogens with zero attached hydrogens (tertiary/aromatic N) is 4. The van der Waals surface area contributed by atoms with Crippen molar-refractivity contribution in [2.45, 2.75) is 25.9 Å². The number of guanidine groups is 1. The number of anilines is 1. The third-order valence-corrected chi connectivity index (χ3v) is 6.00. The normalized spacial score (nSPS) is 17.4. The molecule has 0 aromatic heterocycles. The summed E-state index contributed by atoms with van der Waals surface area (Å²) in [5.41, 5.74) is 3.23. The van der Waals surface area contributed by atoms with Crippen LogP contribution in [0.15, 0.2) is 53.5 Å². The molecule has 31 heavy (non-hydrogen) atoms. The van der Waals surface area contributed by atoms with Gasteiger partial charge in [0, 0.05) is 59.3 Å². The van der Waals surface area contributed by atoms with Gasteiger partial charge in [-0.1, -0.05) is 36.4 Å². The van der Waals surface area contributed by atoms with E-state index in [9.17, 15) is 9.90 Å². The summed E-state index contributed by atoms with van der Waals surface area (Å²) < 4.78 is 0. The van der Waals surface area contributed by atoms with Crippen molar-refractivity contribution in [1.29, 1.82) is 0 Å². The summed E-state index contributed by atoms with van der Waals surface area (Å²) in [5.74, 6) is 1.47. The molecule has 2 aliphatic heterocycles. The molecule has 4 rings (SSSR count). The summed E-state index contributed by atoms with van der Waals surface area (Å²) in [6.07, 6.45) is 1.64. The lowest BCUT2D eigenvalue weighted by molar-refractivity contribution is -0.128. The minimum Gasteiger partial charge on any atom is -0.506 e. The molecular weight excluding hydrogens is 390 g/mol. The van der Waals surface area contributed by atoms with Gasteiger partial charge < -0.3 is 25.1 Å². The number of aromatic hydroxyl groups is 1. The molecule has 164 valence electrons. The maximum atomic E-state index is 11.9. The first-order chi connectivity index (χ1) is 15.1. The van der Waals surface area contributed by atoms with Gasteiger partial charge in [0.2, 0.25) is 5.91 Å². The average Bonchev–Trinajstić information content (AvgIpc) is 3.19. The average molecular weight is 422 g/mol. The Kier molecular flexibility index (Phi) is 6.60. The van der Waals surface area contributed by atoms with Gasteiger partial charge in [-0.2, -0.15) is 0 Å². The number of benzene rings is 2. The molecule has 0 atom stereocenters. The van der Waals surface area contributed by atoms with Crippen molar-refractivity contribution in [2.75, 3.05) is 44.7 Å². The summed E-state index contributed by atoms with van der Waals surface area (Å²) in [6.45, 7) is 5.58. The fraction of sp³-hybridized carbons (Fsp3) is 0.417. The summed E-state index contributed by atoms with van der Waals surface area (Å²) >= 11 is 0. The summed E-state index contributed by atoms with van der Waals surface area (Å²) in [7, 11) is 1.81. The van der Waals surface area contributed by atoms with E-state index < -0.39 is 0 Å². The van der Waals surface area contributed by atoms with Crippen LogP contribution >= 0.6 is 0 Å². The highest BCUT2D eigenvalue weighted by atomic mass is 16.3. The number of amides is 1. The van der Waals surface area contributed by atoms with Gasteiger partial charge in [0.15, 0.2) is 5.96 Å². The van der Waals surface area contributed by atoms with Crippen LogP contribution in [0.4, 0.5) is 5.69 Å². The van der Waals surface area contributed by atoms with Gasteiger partial charge in [0.25, 0.3) is 0 Å². The predicted octanol–water partition coefficient (Wildman–Crippen LogP) is 2.41. The maximum Gasteiger partial charge on any atom is 0.222 e. The second-order valence-corrected chi connectivity index (χ2v) is 8.10. The number of carbonyl (C=O) groups is 1. The van der Waals surface area contributed by atoms with Crippen LogP contribution in [0.5, 0.6) is 5.75 Å². The van der Waals surface area contributed by atoms with Gasteiger partial charge in [-0.25, -0.2) is 0 Å². The lowest BCUT2D eigenvalue weighted by atomic mass is 10.1. The van der Waals surface area contributed by atoms with E-state index in [-0.39, 0.29) is 5.91 Å². The van der Waals surface area contributed by atoms with Gasteiger partial charge in [-0.05, 0) is 29.7 Å². The molecule has 0 unspecified atom stereocenters. The lowest BCUT2D eigenvalue weighted by Gasteiger charge is -2.37. The van der Waals surface area contributed by atoms with Crippen molar-refractivity contribution in [3.8, 4) is 5.75 Å². The summed E-state index contributed by atoms with van der Waals surface area (Å²) in [6, 6.07) is 15.9. The number of hydrogen-bond donors (Lipinski definition) is 2. The highest BCUT2D eigenvalue weighted by Gasteiger charge is 2.22. The Morgan fingerprint density at radius 3 is 2.52 bits per heavy atom. The van der Waals surface area contributed by atoms with Crippen molar-refractivity contribution in [1.82, 2.24) is 15.1 Å². The first-order valence-corrected chi connectivity index (χ1v) is 11.0. The Labute approximate surface area is 184 Å². The fourth-order valence-electron chi connectivity index (χ4n) is 4.33.